The first-order valence-corrected chi connectivity index (χ1v) is 7.19. The van der Waals surface area contributed by atoms with E-state index in [1.54, 1.807) is 11.3 Å². The Balaban J connectivity index is 2.03. The lowest BCUT2D eigenvalue weighted by atomic mass is 10.2. The van der Waals surface area contributed by atoms with Crippen LogP contribution >= 0.6 is 11.3 Å². The van der Waals surface area contributed by atoms with E-state index in [1.807, 2.05) is 4.90 Å². The molecule has 2 aromatic rings. The van der Waals surface area contributed by atoms with Crippen molar-refractivity contribution in [1.82, 2.24) is 9.97 Å². The zero-order valence-corrected chi connectivity index (χ0v) is 12.1. The molecule has 1 N–H and O–H groups in total. The third-order valence-electron chi connectivity index (χ3n) is 3.59. The van der Waals surface area contributed by atoms with Crippen LogP contribution in [0.15, 0.2) is 6.33 Å². The summed E-state index contributed by atoms with van der Waals surface area (Å²) in [7, 11) is 0. The quantitative estimate of drug-likeness (QED) is 0.906. The predicted octanol–water partition coefficient (Wildman–Crippen LogP) is 1.60. The fourth-order valence-corrected chi connectivity index (χ4v) is 3.39. The molecular formula is C13H15N3O3S. The van der Waals surface area contributed by atoms with Gasteiger partial charge in [-0.05, 0) is 19.4 Å². The summed E-state index contributed by atoms with van der Waals surface area (Å²) >= 11 is 1.64. The van der Waals surface area contributed by atoms with Crippen LogP contribution in [0.2, 0.25) is 0 Å². The van der Waals surface area contributed by atoms with Crippen LogP contribution in [0.1, 0.15) is 10.4 Å². The molecule has 0 bridgehead atoms. The molecule has 1 aliphatic rings. The summed E-state index contributed by atoms with van der Waals surface area (Å²) in [6.07, 6.45) is 0.743. The van der Waals surface area contributed by atoms with Crippen LogP contribution in [0.5, 0.6) is 0 Å². The maximum atomic E-state index is 11.1. The lowest BCUT2D eigenvalue weighted by molar-refractivity contribution is -0.150. The van der Waals surface area contributed by atoms with Gasteiger partial charge < -0.3 is 14.7 Å². The van der Waals surface area contributed by atoms with Gasteiger partial charge in [0.25, 0.3) is 0 Å². The topological polar surface area (TPSA) is 75.5 Å². The van der Waals surface area contributed by atoms with Gasteiger partial charge in [-0.25, -0.2) is 14.8 Å². The monoisotopic (exact) mass is 293 g/mol. The summed E-state index contributed by atoms with van der Waals surface area (Å²) in [5.74, 6) is -0.121. The number of carboxylic acid groups (broad SMARTS) is 1. The van der Waals surface area contributed by atoms with E-state index >= 15 is 0 Å². The maximum absolute atomic E-state index is 11.1. The highest BCUT2D eigenvalue weighted by atomic mass is 32.1. The number of carbonyl (C=O) groups is 1. The molecule has 20 heavy (non-hydrogen) atoms. The lowest BCUT2D eigenvalue weighted by Gasteiger charge is -2.32. The Labute approximate surface area is 120 Å². The van der Waals surface area contributed by atoms with E-state index in [9.17, 15) is 4.79 Å². The van der Waals surface area contributed by atoms with Crippen molar-refractivity contribution in [3.63, 3.8) is 0 Å². The number of aromatic nitrogens is 2. The fraction of sp³-hybridized carbons (Fsp3) is 0.462. The Hall–Kier alpha value is -1.73. The minimum atomic E-state index is -0.932. The van der Waals surface area contributed by atoms with Crippen molar-refractivity contribution in [1.29, 1.82) is 0 Å². The molecule has 1 atom stereocenters. The molecular weight excluding hydrogens is 278 g/mol. The molecule has 6 nitrogen and oxygen atoms in total. The molecule has 2 aromatic heterocycles. The number of fused-ring (bicyclic) bond motifs is 1. The third kappa shape index (κ3) is 2.12. The Kier molecular flexibility index (Phi) is 3.31. The average Bonchev–Trinajstić information content (AvgIpc) is 2.74. The molecule has 0 saturated carbocycles. The van der Waals surface area contributed by atoms with Gasteiger partial charge in [-0.15, -0.1) is 11.3 Å². The van der Waals surface area contributed by atoms with Gasteiger partial charge in [-0.2, -0.15) is 0 Å². The smallest absolute Gasteiger partial charge is 0.334 e. The molecule has 1 saturated heterocycles. The second-order valence-corrected chi connectivity index (χ2v) is 6.01. The first kappa shape index (κ1) is 13.3. The molecule has 7 heteroatoms. The van der Waals surface area contributed by atoms with E-state index in [0.29, 0.717) is 19.7 Å². The minimum Gasteiger partial charge on any atom is -0.479 e. The first-order chi connectivity index (χ1) is 9.58. The van der Waals surface area contributed by atoms with E-state index in [2.05, 4.69) is 23.8 Å². The number of hydrogen-bond donors (Lipinski definition) is 1. The van der Waals surface area contributed by atoms with Gasteiger partial charge in [0.1, 0.15) is 17.0 Å². The third-order valence-corrected chi connectivity index (χ3v) is 4.70. The molecule has 3 heterocycles. The highest BCUT2D eigenvalue weighted by Gasteiger charge is 2.28. The summed E-state index contributed by atoms with van der Waals surface area (Å²) in [5.41, 5.74) is 1.17. The van der Waals surface area contributed by atoms with Gasteiger partial charge in [0.05, 0.1) is 18.5 Å². The lowest BCUT2D eigenvalue weighted by Crippen LogP contribution is -2.46. The Bertz CT molecular complexity index is 670. The summed E-state index contributed by atoms with van der Waals surface area (Å²) in [6.45, 7) is 5.46. The van der Waals surface area contributed by atoms with E-state index in [-0.39, 0.29) is 0 Å². The van der Waals surface area contributed by atoms with Crippen LogP contribution in [0.25, 0.3) is 10.2 Å². The standard InChI is InChI=1S/C13H15N3O3S/c1-7-8(2)20-12-10(7)11(14-6-15-12)16-3-4-19-9(5-16)13(17)18/h6,9H,3-5H2,1-2H3,(H,17,18). The second-order valence-electron chi connectivity index (χ2n) is 4.80. The van der Waals surface area contributed by atoms with Crippen LogP contribution in [0.3, 0.4) is 0 Å². The first-order valence-electron chi connectivity index (χ1n) is 6.38. The van der Waals surface area contributed by atoms with E-state index in [1.165, 1.54) is 16.8 Å². The number of aryl methyl sites for hydroxylation is 2. The molecule has 0 amide bonds. The molecule has 1 fully saturated rings. The highest BCUT2D eigenvalue weighted by Crippen LogP contribution is 2.34. The van der Waals surface area contributed by atoms with E-state index in [0.717, 1.165) is 16.0 Å². The number of thiophene rings is 1. The van der Waals surface area contributed by atoms with Crippen molar-refractivity contribution >= 4 is 33.3 Å². The molecule has 0 spiro atoms. The van der Waals surface area contributed by atoms with Crippen molar-refractivity contribution in [2.75, 3.05) is 24.6 Å². The van der Waals surface area contributed by atoms with Crippen LogP contribution in [-0.4, -0.2) is 46.8 Å². The van der Waals surface area contributed by atoms with Crippen LogP contribution in [0, 0.1) is 13.8 Å². The molecule has 0 radical (unpaired) electrons. The molecule has 1 aliphatic heterocycles. The second kappa shape index (κ2) is 4.99. The number of rotatable bonds is 2. The number of aliphatic carboxylic acids is 1. The number of anilines is 1. The van der Waals surface area contributed by atoms with Gasteiger partial charge >= 0.3 is 5.97 Å². The fourth-order valence-electron chi connectivity index (χ4n) is 2.39. The summed E-state index contributed by atoms with van der Waals surface area (Å²) in [5, 5.41) is 10.1. The van der Waals surface area contributed by atoms with Crippen LogP contribution in [0.4, 0.5) is 5.82 Å². The molecule has 3 rings (SSSR count). The Morgan fingerprint density at radius 1 is 1.50 bits per heavy atom. The minimum absolute atomic E-state index is 0.315. The Morgan fingerprint density at radius 2 is 2.30 bits per heavy atom. The molecule has 1 unspecified atom stereocenters. The van der Waals surface area contributed by atoms with Gasteiger partial charge in [0.15, 0.2) is 6.10 Å². The van der Waals surface area contributed by atoms with Gasteiger partial charge in [0.2, 0.25) is 0 Å². The number of ether oxygens (including phenoxy) is 1. The average molecular weight is 293 g/mol. The number of hydrogen-bond acceptors (Lipinski definition) is 6. The van der Waals surface area contributed by atoms with Crippen molar-refractivity contribution in [2.24, 2.45) is 0 Å². The largest absolute Gasteiger partial charge is 0.479 e. The molecule has 0 aromatic carbocycles. The van der Waals surface area contributed by atoms with Crippen molar-refractivity contribution in [3.8, 4) is 0 Å². The van der Waals surface area contributed by atoms with Crippen molar-refractivity contribution in [2.45, 2.75) is 20.0 Å². The SMILES string of the molecule is Cc1sc2ncnc(N3CCOC(C(=O)O)C3)c2c1C. The summed E-state index contributed by atoms with van der Waals surface area (Å²) in [6, 6.07) is 0. The van der Waals surface area contributed by atoms with Crippen molar-refractivity contribution < 1.29 is 14.6 Å². The van der Waals surface area contributed by atoms with Crippen LogP contribution < -0.4 is 4.90 Å². The summed E-state index contributed by atoms with van der Waals surface area (Å²) in [4.78, 5) is 23.9. The number of carboxylic acids is 1. The van der Waals surface area contributed by atoms with E-state index < -0.39 is 12.1 Å². The van der Waals surface area contributed by atoms with Gasteiger partial charge in [0, 0.05) is 11.4 Å². The number of nitrogens with zero attached hydrogens (tertiary/aromatic N) is 3. The maximum Gasteiger partial charge on any atom is 0.334 e. The van der Waals surface area contributed by atoms with Gasteiger partial charge in [-0.3, -0.25) is 0 Å². The van der Waals surface area contributed by atoms with E-state index in [4.69, 9.17) is 9.84 Å². The summed E-state index contributed by atoms with van der Waals surface area (Å²) < 4.78 is 5.26. The normalized spacial score (nSPS) is 19.5. The molecule has 0 aliphatic carbocycles. The van der Waals surface area contributed by atoms with Crippen LogP contribution in [-0.2, 0) is 9.53 Å². The van der Waals surface area contributed by atoms with Crippen molar-refractivity contribution in [3.05, 3.63) is 16.8 Å². The molecule has 106 valence electrons. The number of morpholine rings is 1. The van der Waals surface area contributed by atoms with Gasteiger partial charge in [-0.1, -0.05) is 0 Å². The predicted molar refractivity (Wildman–Crippen MR) is 76.5 cm³/mol. The zero-order chi connectivity index (χ0) is 14.3. The Morgan fingerprint density at radius 3 is 3.05 bits per heavy atom. The zero-order valence-electron chi connectivity index (χ0n) is 11.3. The highest BCUT2D eigenvalue weighted by molar-refractivity contribution is 7.18.